The summed E-state index contributed by atoms with van der Waals surface area (Å²) in [6, 6.07) is 25.5. The molecule has 2 amide bonds. The summed E-state index contributed by atoms with van der Waals surface area (Å²) in [6.45, 7) is 0.449. The lowest BCUT2D eigenvalue weighted by molar-refractivity contribution is 0.194. The fourth-order valence-corrected chi connectivity index (χ4v) is 5.07. The molecule has 0 saturated heterocycles. The number of ether oxygens (including phenoxy) is 2. The second-order valence-corrected chi connectivity index (χ2v) is 9.12. The lowest BCUT2D eigenvalue weighted by atomic mass is 10.0. The van der Waals surface area contributed by atoms with Crippen molar-refractivity contribution in [2.24, 2.45) is 0 Å². The molecule has 6 nitrogen and oxygen atoms in total. The number of rotatable bonds is 5. The van der Waals surface area contributed by atoms with Gasteiger partial charge in [-0.15, -0.1) is 11.8 Å². The first-order valence-corrected chi connectivity index (χ1v) is 12.5. The van der Waals surface area contributed by atoms with Crippen LogP contribution in [0.1, 0.15) is 22.9 Å². The van der Waals surface area contributed by atoms with E-state index in [0.29, 0.717) is 18.0 Å². The number of nitrogens with zero attached hydrogens (tertiary/aromatic N) is 2. The first-order valence-electron chi connectivity index (χ1n) is 11.3. The molecule has 0 spiro atoms. The lowest BCUT2D eigenvalue weighted by Crippen LogP contribution is -2.37. The zero-order chi connectivity index (χ0) is 24.4. The number of para-hydroxylation sites is 1. The van der Waals surface area contributed by atoms with E-state index in [2.05, 4.69) is 28.1 Å². The number of methoxy groups -OCH3 is 2. The van der Waals surface area contributed by atoms with E-state index < -0.39 is 0 Å². The Bertz CT molecular complexity index is 1370. The highest BCUT2D eigenvalue weighted by molar-refractivity contribution is 7.98. The summed E-state index contributed by atoms with van der Waals surface area (Å²) < 4.78 is 13.2. The Balaban J connectivity index is 1.63. The van der Waals surface area contributed by atoms with Crippen LogP contribution in [-0.4, -0.2) is 36.0 Å². The first-order chi connectivity index (χ1) is 17.1. The van der Waals surface area contributed by atoms with E-state index in [1.807, 2.05) is 78.0 Å². The third-order valence-corrected chi connectivity index (χ3v) is 6.99. The summed E-state index contributed by atoms with van der Waals surface area (Å²) in [6.07, 6.45) is 4.07. The highest BCUT2D eigenvalue weighted by Crippen LogP contribution is 2.40. The number of benzene rings is 3. The Kier molecular flexibility index (Phi) is 6.42. The van der Waals surface area contributed by atoms with Gasteiger partial charge in [0.2, 0.25) is 0 Å². The first kappa shape index (κ1) is 22.9. The molecule has 3 aromatic carbocycles. The number of hydrogen-bond donors (Lipinski definition) is 1. The Morgan fingerprint density at radius 3 is 2.57 bits per heavy atom. The number of carbonyl (C=O) groups is 1. The van der Waals surface area contributed by atoms with Crippen LogP contribution in [0.3, 0.4) is 0 Å². The van der Waals surface area contributed by atoms with Crippen molar-refractivity contribution in [2.75, 3.05) is 25.8 Å². The molecule has 1 aromatic heterocycles. The van der Waals surface area contributed by atoms with Crippen molar-refractivity contribution in [1.82, 2.24) is 9.47 Å². The number of nitrogens with one attached hydrogen (secondary N) is 1. The fraction of sp³-hybridized carbons (Fsp3) is 0.179. The third-order valence-electron chi connectivity index (χ3n) is 6.27. The fourth-order valence-electron chi connectivity index (χ4n) is 4.61. The van der Waals surface area contributed by atoms with E-state index in [1.165, 1.54) is 0 Å². The van der Waals surface area contributed by atoms with Gasteiger partial charge in [-0.25, -0.2) is 4.79 Å². The number of urea groups is 1. The molecule has 0 radical (unpaired) electrons. The second kappa shape index (κ2) is 9.80. The van der Waals surface area contributed by atoms with Gasteiger partial charge in [-0.2, -0.15) is 0 Å². The molecule has 0 saturated carbocycles. The maximum Gasteiger partial charge on any atom is 0.322 e. The van der Waals surface area contributed by atoms with Crippen LogP contribution in [0, 0.1) is 0 Å². The second-order valence-electron chi connectivity index (χ2n) is 8.24. The van der Waals surface area contributed by atoms with Gasteiger partial charge < -0.3 is 24.3 Å². The molecular formula is C28H27N3O3S. The van der Waals surface area contributed by atoms with Gasteiger partial charge in [-0.1, -0.05) is 30.3 Å². The molecule has 5 rings (SSSR count). The average molecular weight is 486 g/mol. The zero-order valence-corrected chi connectivity index (χ0v) is 20.7. The van der Waals surface area contributed by atoms with E-state index in [4.69, 9.17) is 9.47 Å². The van der Waals surface area contributed by atoms with Gasteiger partial charge in [0.25, 0.3) is 0 Å². The van der Waals surface area contributed by atoms with Gasteiger partial charge in [0.05, 0.1) is 32.5 Å². The molecule has 178 valence electrons. The van der Waals surface area contributed by atoms with Crippen molar-refractivity contribution in [3.63, 3.8) is 0 Å². The van der Waals surface area contributed by atoms with E-state index in [-0.39, 0.29) is 12.1 Å². The minimum atomic E-state index is -0.346. The van der Waals surface area contributed by atoms with Gasteiger partial charge in [0.1, 0.15) is 0 Å². The normalized spacial score (nSPS) is 14.5. The SMILES string of the molecule is COc1ccc([C@H]2c3cccn3-c3ccccc3CN2C(=O)Nc2cccc(SC)c2)cc1OC. The van der Waals surface area contributed by atoms with Crippen LogP contribution in [0.2, 0.25) is 0 Å². The van der Waals surface area contributed by atoms with E-state index in [0.717, 1.165) is 33.1 Å². The minimum Gasteiger partial charge on any atom is -0.493 e. The molecule has 1 aliphatic heterocycles. The predicted molar refractivity (Wildman–Crippen MR) is 140 cm³/mol. The van der Waals surface area contributed by atoms with Gasteiger partial charge in [-0.05, 0) is 65.9 Å². The van der Waals surface area contributed by atoms with Crippen molar-refractivity contribution in [3.05, 3.63) is 102 Å². The summed E-state index contributed by atoms with van der Waals surface area (Å²) in [5.41, 5.74) is 4.83. The van der Waals surface area contributed by atoms with E-state index in [9.17, 15) is 4.79 Å². The molecule has 0 aliphatic carbocycles. The standard InChI is InChI=1S/C28H27N3O3S/c1-33-25-14-13-19(16-26(25)34-2)27-24-12-7-15-30(24)23-11-5-4-8-20(23)18-31(27)28(32)29-21-9-6-10-22(17-21)35-3/h4-17,27H,18H2,1-3H3,(H,29,32)/t27-/m0/s1. The number of anilines is 1. The van der Waals surface area contributed by atoms with Gasteiger partial charge >= 0.3 is 6.03 Å². The maximum atomic E-state index is 13.9. The average Bonchev–Trinajstić information content (AvgIpc) is 3.32. The number of hydrogen-bond acceptors (Lipinski definition) is 4. The van der Waals surface area contributed by atoms with Crippen LogP contribution in [0.25, 0.3) is 5.69 Å². The lowest BCUT2D eigenvalue weighted by Gasteiger charge is -2.31. The molecule has 0 unspecified atom stereocenters. The van der Waals surface area contributed by atoms with Crippen molar-refractivity contribution in [2.45, 2.75) is 17.5 Å². The molecule has 0 bridgehead atoms. The quantitative estimate of drug-likeness (QED) is 0.335. The summed E-state index contributed by atoms with van der Waals surface area (Å²) in [5, 5.41) is 3.13. The zero-order valence-electron chi connectivity index (χ0n) is 19.9. The molecule has 1 aliphatic rings. The summed E-state index contributed by atoms with van der Waals surface area (Å²) in [5.74, 6) is 1.27. The largest absolute Gasteiger partial charge is 0.493 e. The maximum absolute atomic E-state index is 13.9. The number of amides is 2. The highest BCUT2D eigenvalue weighted by atomic mass is 32.2. The van der Waals surface area contributed by atoms with Crippen LogP contribution in [0.15, 0.2) is 90.0 Å². The Morgan fingerprint density at radius 2 is 1.77 bits per heavy atom. The monoisotopic (exact) mass is 485 g/mol. The molecule has 7 heteroatoms. The minimum absolute atomic E-state index is 0.174. The number of carbonyl (C=O) groups excluding carboxylic acids is 1. The van der Waals surface area contributed by atoms with Crippen LogP contribution in [-0.2, 0) is 6.54 Å². The summed E-state index contributed by atoms with van der Waals surface area (Å²) in [4.78, 5) is 16.8. The van der Waals surface area contributed by atoms with Gasteiger partial charge in [0.15, 0.2) is 11.5 Å². The van der Waals surface area contributed by atoms with Crippen LogP contribution in [0.4, 0.5) is 10.5 Å². The Morgan fingerprint density at radius 1 is 0.943 bits per heavy atom. The van der Waals surface area contributed by atoms with Gasteiger partial charge in [0, 0.05) is 22.5 Å². The molecular weight excluding hydrogens is 458 g/mol. The van der Waals surface area contributed by atoms with E-state index >= 15 is 0 Å². The van der Waals surface area contributed by atoms with Crippen molar-refractivity contribution in [1.29, 1.82) is 0 Å². The molecule has 1 atom stereocenters. The van der Waals surface area contributed by atoms with Crippen molar-refractivity contribution in [3.8, 4) is 17.2 Å². The molecule has 0 fully saturated rings. The van der Waals surface area contributed by atoms with Crippen LogP contribution < -0.4 is 14.8 Å². The van der Waals surface area contributed by atoms with Gasteiger partial charge in [-0.3, -0.25) is 0 Å². The van der Waals surface area contributed by atoms with E-state index in [1.54, 1.807) is 26.0 Å². The molecule has 1 N–H and O–H groups in total. The smallest absolute Gasteiger partial charge is 0.322 e. The number of aromatic nitrogens is 1. The number of thioether (sulfide) groups is 1. The Hall–Kier alpha value is -3.84. The topological polar surface area (TPSA) is 55.7 Å². The Labute approximate surface area is 209 Å². The predicted octanol–water partition coefficient (Wildman–Crippen LogP) is 6.35. The van der Waals surface area contributed by atoms with Crippen molar-refractivity contribution < 1.29 is 14.3 Å². The van der Waals surface area contributed by atoms with Crippen molar-refractivity contribution >= 4 is 23.5 Å². The third kappa shape index (κ3) is 4.35. The van der Waals surface area contributed by atoms with Crippen LogP contribution >= 0.6 is 11.8 Å². The summed E-state index contributed by atoms with van der Waals surface area (Å²) in [7, 11) is 3.24. The number of fused-ring (bicyclic) bond motifs is 3. The molecule has 35 heavy (non-hydrogen) atoms. The molecule has 4 aromatic rings. The van der Waals surface area contributed by atoms with Crippen LogP contribution in [0.5, 0.6) is 11.5 Å². The molecule has 2 heterocycles. The summed E-state index contributed by atoms with van der Waals surface area (Å²) >= 11 is 1.64. The highest BCUT2D eigenvalue weighted by Gasteiger charge is 2.33.